The first-order valence-electron chi connectivity index (χ1n) is 4.48. The lowest BCUT2D eigenvalue weighted by Crippen LogP contribution is -2.05. The highest BCUT2D eigenvalue weighted by Crippen LogP contribution is 2.56. The second-order valence-electron chi connectivity index (χ2n) is 3.42. The molecule has 2 aromatic rings. The van der Waals surface area contributed by atoms with Crippen molar-refractivity contribution in [3.05, 3.63) is 48.0 Å². The number of halogens is 2. The van der Waals surface area contributed by atoms with Crippen molar-refractivity contribution in [3.63, 3.8) is 0 Å². The van der Waals surface area contributed by atoms with Gasteiger partial charge in [-0.3, -0.25) is 9.97 Å². The molecule has 0 saturated carbocycles. The molecule has 2 nitrogen and oxygen atoms in total. The monoisotopic (exact) mass is 420 g/mol. The van der Waals surface area contributed by atoms with Crippen LogP contribution in [-0.4, -0.2) is 9.97 Å². The Morgan fingerprint density at radius 2 is 1.60 bits per heavy atom. The minimum atomic E-state index is -0.00259. The molecule has 0 spiro atoms. The molecular weight excluding hydrogens is 414 g/mol. The molecule has 0 radical (unpaired) electrons. The number of rotatable bonds is 0. The summed E-state index contributed by atoms with van der Waals surface area (Å²) in [4.78, 5) is 8.40. The van der Waals surface area contributed by atoms with Crippen LogP contribution in [0.5, 0.6) is 0 Å². The zero-order chi connectivity index (χ0) is 10.5. The first-order valence-corrected chi connectivity index (χ1v) is 6.64. The summed E-state index contributed by atoms with van der Waals surface area (Å²) in [6.07, 6.45) is 7.58. The molecule has 2 heterocycles. The van der Waals surface area contributed by atoms with Gasteiger partial charge >= 0.3 is 0 Å². The van der Waals surface area contributed by atoms with E-state index in [1.54, 1.807) is 0 Å². The molecule has 0 saturated heterocycles. The van der Waals surface area contributed by atoms with Crippen LogP contribution >= 0.6 is 45.2 Å². The fourth-order valence-electron chi connectivity index (χ4n) is 1.91. The van der Waals surface area contributed by atoms with E-state index in [1.807, 2.05) is 24.8 Å². The highest BCUT2D eigenvalue weighted by atomic mass is 127. The van der Waals surface area contributed by atoms with E-state index in [9.17, 15) is 0 Å². The first-order chi connectivity index (χ1) is 7.21. The van der Waals surface area contributed by atoms with Crippen molar-refractivity contribution < 1.29 is 0 Å². The highest BCUT2D eigenvalue weighted by Gasteiger charge is 2.38. The summed E-state index contributed by atoms with van der Waals surface area (Å²) in [5.74, 6) is 0. The molecule has 2 aromatic heterocycles. The molecule has 0 unspecified atom stereocenters. The Balaban J connectivity index is 2.42. The predicted molar refractivity (Wildman–Crippen MR) is 76.3 cm³/mol. The van der Waals surface area contributed by atoms with Gasteiger partial charge in [0, 0.05) is 35.9 Å². The topological polar surface area (TPSA) is 25.8 Å². The minimum Gasteiger partial charge on any atom is -0.264 e. The van der Waals surface area contributed by atoms with Gasteiger partial charge < -0.3 is 0 Å². The van der Waals surface area contributed by atoms with Gasteiger partial charge in [-0.25, -0.2) is 0 Å². The number of hydrogen-bond donors (Lipinski definition) is 0. The minimum absolute atomic E-state index is 0.00259. The Morgan fingerprint density at radius 1 is 0.867 bits per heavy atom. The van der Waals surface area contributed by atoms with Crippen molar-refractivity contribution in [2.45, 2.75) is 1.43 Å². The van der Waals surface area contributed by atoms with Crippen molar-refractivity contribution in [2.24, 2.45) is 0 Å². The largest absolute Gasteiger partial charge is 0.264 e. The molecule has 0 fully saturated rings. The molecule has 0 bridgehead atoms. The van der Waals surface area contributed by atoms with Gasteiger partial charge in [-0.1, -0.05) is 45.2 Å². The van der Waals surface area contributed by atoms with E-state index >= 15 is 0 Å². The van der Waals surface area contributed by atoms with E-state index in [0.29, 0.717) is 0 Å². The average Bonchev–Trinajstić information content (AvgIpc) is 2.51. The Labute approximate surface area is 115 Å². The van der Waals surface area contributed by atoms with Gasteiger partial charge in [0.2, 0.25) is 0 Å². The van der Waals surface area contributed by atoms with Crippen molar-refractivity contribution in [3.8, 4) is 11.1 Å². The van der Waals surface area contributed by atoms with Crippen LogP contribution in [-0.2, 0) is 1.43 Å². The highest BCUT2D eigenvalue weighted by molar-refractivity contribution is 14.2. The number of alkyl halides is 2. The maximum Gasteiger partial charge on any atom is 0.126 e. The summed E-state index contributed by atoms with van der Waals surface area (Å²) in [5.41, 5.74) is 5.09. The van der Waals surface area contributed by atoms with Crippen LogP contribution in [0.3, 0.4) is 0 Å². The third kappa shape index (κ3) is 1.33. The van der Waals surface area contributed by atoms with Gasteiger partial charge in [0.15, 0.2) is 0 Å². The lowest BCUT2D eigenvalue weighted by Gasteiger charge is -2.15. The molecule has 4 heteroatoms. The Morgan fingerprint density at radius 3 is 2.47 bits per heavy atom. The number of hydrogen-bond acceptors (Lipinski definition) is 2. The molecule has 3 rings (SSSR count). The lowest BCUT2D eigenvalue weighted by molar-refractivity contribution is 1.17. The zero-order valence-corrected chi connectivity index (χ0v) is 11.9. The molecule has 0 aromatic carbocycles. The SMILES string of the molecule is IC1(I)c2ccncc2-c2ccncc21. The number of nitrogens with zero attached hydrogens (tertiary/aromatic N) is 2. The van der Waals surface area contributed by atoms with Gasteiger partial charge in [-0.05, 0) is 23.3 Å². The Hall–Kier alpha value is -0.240. The Bertz CT molecular complexity index is 490. The van der Waals surface area contributed by atoms with Gasteiger partial charge in [0.25, 0.3) is 0 Å². The zero-order valence-electron chi connectivity index (χ0n) is 7.61. The molecule has 15 heavy (non-hydrogen) atoms. The van der Waals surface area contributed by atoms with Gasteiger partial charge in [-0.2, -0.15) is 0 Å². The fourth-order valence-corrected chi connectivity index (χ4v) is 3.71. The Kier molecular flexibility index (Phi) is 2.24. The molecule has 0 aliphatic heterocycles. The molecule has 0 atom stereocenters. The van der Waals surface area contributed by atoms with E-state index in [0.717, 1.165) is 0 Å². The summed E-state index contributed by atoms with van der Waals surface area (Å²) in [6.45, 7) is 0. The van der Waals surface area contributed by atoms with Crippen molar-refractivity contribution in [2.75, 3.05) is 0 Å². The molecule has 1 aliphatic rings. The van der Waals surface area contributed by atoms with Gasteiger partial charge in [0.1, 0.15) is 1.43 Å². The molecule has 74 valence electrons. The maximum absolute atomic E-state index is 4.20. The smallest absolute Gasteiger partial charge is 0.126 e. The third-order valence-electron chi connectivity index (χ3n) is 2.61. The van der Waals surface area contributed by atoms with E-state index in [4.69, 9.17) is 0 Å². The summed E-state index contributed by atoms with van der Waals surface area (Å²) in [5, 5.41) is 0. The molecular formula is C11H6I2N2. The molecule has 0 N–H and O–H groups in total. The standard InChI is InChI=1S/C11H6I2N2/c12-11(13)9-2-4-14-5-8(9)7-1-3-15-6-10(7)11/h1-6H. The second kappa shape index (κ2) is 3.38. The van der Waals surface area contributed by atoms with Crippen LogP contribution < -0.4 is 0 Å². The quantitative estimate of drug-likeness (QED) is 0.482. The fraction of sp³-hybridized carbons (Fsp3) is 0.0909. The van der Waals surface area contributed by atoms with E-state index in [-0.39, 0.29) is 1.43 Å². The second-order valence-corrected chi connectivity index (χ2v) is 8.72. The van der Waals surface area contributed by atoms with Crippen molar-refractivity contribution in [1.29, 1.82) is 0 Å². The number of pyridine rings is 2. The molecule has 0 amide bonds. The summed E-state index contributed by atoms with van der Waals surface area (Å²) in [6, 6.07) is 4.16. The van der Waals surface area contributed by atoms with E-state index in [2.05, 4.69) is 67.3 Å². The maximum atomic E-state index is 4.20. The number of aromatic nitrogens is 2. The van der Waals surface area contributed by atoms with Crippen LogP contribution in [0.4, 0.5) is 0 Å². The van der Waals surface area contributed by atoms with Crippen LogP contribution in [0.25, 0.3) is 11.1 Å². The average molecular weight is 420 g/mol. The summed E-state index contributed by atoms with van der Waals surface area (Å²) >= 11 is 4.94. The van der Waals surface area contributed by atoms with E-state index in [1.165, 1.54) is 22.3 Å². The van der Waals surface area contributed by atoms with Gasteiger partial charge in [0.05, 0.1) is 0 Å². The lowest BCUT2D eigenvalue weighted by atomic mass is 10.1. The van der Waals surface area contributed by atoms with Crippen LogP contribution in [0, 0.1) is 0 Å². The normalized spacial score (nSPS) is 15.9. The first kappa shape index (κ1) is 9.95. The van der Waals surface area contributed by atoms with Crippen LogP contribution in [0.2, 0.25) is 0 Å². The summed E-state index contributed by atoms with van der Waals surface area (Å²) < 4.78 is -0.00259. The van der Waals surface area contributed by atoms with Crippen LogP contribution in [0.1, 0.15) is 11.1 Å². The van der Waals surface area contributed by atoms with Crippen molar-refractivity contribution in [1.82, 2.24) is 9.97 Å². The van der Waals surface area contributed by atoms with Crippen molar-refractivity contribution >= 4 is 45.2 Å². The van der Waals surface area contributed by atoms with Gasteiger partial charge in [-0.15, -0.1) is 0 Å². The van der Waals surface area contributed by atoms with E-state index < -0.39 is 0 Å². The number of fused-ring (bicyclic) bond motifs is 3. The predicted octanol–water partition coefficient (Wildman–Crippen LogP) is 3.53. The summed E-state index contributed by atoms with van der Waals surface area (Å²) in [7, 11) is 0. The third-order valence-corrected chi connectivity index (χ3v) is 4.93. The van der Waals surface area contributed by atoms with Crippen LogP contribution in [0.15, 0.2) is 36.9 Å². The molecule has 1 aliphatic carbocycles.